The average Bonchev–Trinajstić information content (AvgIpc) is 2.82. The smallest absolute Gasteiger partial charge is 0.229 e. The van der Waals surface area contributed by atoms with Crippen molar-refractivity contribution in [1.82, 2.24) is 0 Å². The van der Waals surface area contributed by atoms with E-state index in [-0.39, 0.29) is 41.1 Å². The highest BCUT2D eigenvalue weighted by Crippen LogP contribution is 2.42. The van der Waals surface area contributed by atoms with Crippen molar-refractivity contribution in [2.24, 2.45) is 5.73 Å². The zero-order valence-corrected chi connectivity index (χ0v) is 20.2. The number of aromatic hydroxyl groups is 1. The lowest BCUT2D eigenvalue weighted by Crippen LogP contribution is -2.62. The minimum atomic E-state index is -1.67. The van der Waals surface area contributed by atoms with Crippen LogP contribution in [-0.2, 0) is 4.74 Å². The number of hydrogen-bond acceptors (Lipinski definition) is 10. The number of carbonyl (C=O) groups excluding carboxylic acids is 1. The molecule has 6 unspecified atom stereocenters. The second-order valence-electron chi connectivity index (χ2n) is 8.87. The Hall–Kier alpha value is -2.47. The molecule has 10 nitrogen and oxygen atoms in total. The zero-order chi connectivity index (χ0) is 25.9. The number of phenolic OH excluding ortho intramolecular Hbond substituents is 1. The first kappa shape index (κ1) is 27.1. The lowest BCUT2D eigenvalue weighted by molar-refractivity contribution is -0.288. The number of aliphatic hydroxyl groups excluding tert-OH is 4. The van der Waals surface area contributed by atoms with E-state index in [2.05, 4.69) is 0 Å². The monoisotopic (exact) mass is 493 g/mol. The molecular weight excluding hydrogens is 458 g/mol. The molecule has 7 N–H and O–H groups in total. The number of rotatable bonds is 10. The summed E-state index contributed by atoms with van der Waals surface area (Å²) in [7, 11) is 1.45. The van der Waals surface area contributed by atoms with Crippen molar-refractivity contribution in [1.29, 1.82) is 0 Å². The van der Waals surface area contributed by atoms with Crippen molar-refractivity contribution >= 4 is 16.6 Å². The molecule has 35 heavy (non-hydrogen) atoms. The van der Waals surface area contributed by atoms with Crippen LogP contribution in [0, 0.1) is 6.92 Å². The molecule has 0 amide bonds. The Morgan fingerprint density at radius 3 is 2.51 bits per heavy atom. The van der Waals surface area contributed by atoms with Gasteiger partial charge in [-0.1, -0.05) is 13.0 Å². The summed E-state index contributed by atoms with van der Waals surface area (Å²) in [5, 5.41) is 53.6. The van der Waals surface area contributed by atoms with Crippen LogP contribution in [0.4, 0.5) is 0 Å². The van der Waals surface area contributed by atoms with Gasteiger partial charge in [0.25, 0.3) is 0 Å². The van der Waals surface area contributed by atoms with Gasteiger partial charge < -0.3 is 45.5 Å². The molecule has 3 rings (SSSR count). The first-order valence-electron chi connectivity index (χ1n) is 11.8. The Balaban J connectivity index is 2.05. The molecule has 1 aliphatic rings. The number of carbonyl (C=O) groups is 1. The Labute approximate surface area is 203 Å². The summed E-state index contributed by atoms with van der Waals surface area (Å²) < 4.78 is 16.9. The predicted octanol–water partition coefficient (Wildman–Crippen LogP) is 1.13. The maximum Gasteiger partial charge on any atom is 0.229 e. The number of ketones is 1. The van der Waals surface area contributed by atoms with Crippen LogP contribution < -0.4 is 15.2 Å². The predicted molar refractivity (Wildman–Crippen MR) is 128 cm³/mol. The molecule has 1 aliphatic heterocycles. The van der Waals surface area contributed by atoms with Crippen LogP contribution >= 0.6 is 0 Å². The van der Waals surface area contributed by atoms with Gasteiger partial charge in [-0.25, -0.2) is 0 Å². The minimum absolute atomic E-state index is 0.0326. The van der Waals surface area contributed by atoms with Gasteiger partial charge in [-0.2, -0.15) is 0 Å². The van der Waals surface area contributed by atoms with Gasteiger partial charge in [0.2, 0.25) is 6.29 Å². The third kappa shape index (κ3) is 5.53. The maximum atomic E-state index is 12.7. The van der Waals surface area contributed by atoms with Crippen molar-refractivity contribution < 1.29 is 44.5 Å². The Morgan fingerprint density at radius 1 is 1.17 bits per heavy atom. The average molecular weight is 494 g/mol. The van der Waals surface area contributed by atoms with Gasteiger partial charge >= 0.3 is 0 Å². The highest BCUT2D eigenvalue weighted by atomic mass is 16.7. The van der Waals surface area contributed by atoms with Crippen LogP contribution in [0.15, 0.2) is 18.2 Å². The summed E-state index contributed by atoms with van der Waals surface area (Å²) >= 11 is 0. The number of methoxy groups -OCH3 is 1. The van der Waals surface area contributed by atoms with E-state index in [1.807, 2.05) is 6.92 Å². The molecule has 0 aromatic heterocycles. The van der Waals surface area contributed by atoms with Crippen molar-refractivity contribution in [2.75, 3.05) is 13.7 Å². The van der Waals surface area contributed by atoms with E-state index in [9.17, 15) is 30.3 Å². The van der Waals surface area contributed by atoms with Crippen molar-refractivity contribution in [3.05, 3.63) is 29.3 Å². The number of aryl methyl sites for hydroxylation is 1. The molecule has 0 aliphatic carbocycles. The summed E-state index contributed by atoms with van der Waals surface area (Å²) in [6.07, 6.45) is -7.29. The molecule has 6 atom stereocenters. The van der Waals surface area contributed by atoms with Crippen LogP contribution in [0.1, 0.15) is 48.5 Å². The second kappa shape index (κ2) is 11.5. The number of phenols is 1. The quantitative estimate of drug-likeness (QED) is 0.264. The van der Waals surface area contributed by atoms with Crippen LogP contribution in [0.5, 0.6) is 17.2 Å². The lowest BCUT2D eigenvalue weighted by Gasteiger charge is -2.42. The molecule has 2 aromatic carbocycles. The van der Waals surface area contributed by atoms with E-state index in [1.165, 1.54) is 13.2 Å². The molecule has 10 heteroatoms. The second-order valence-corrected chi connectivity index (χ2v) is 8.87. The van der Waals surface area contributed by atoms with E-state index in [4.69, 9.17) is 19.9 Å². The third-order valence-corrected chi connectivity index (χ3v) is 6.27. The topological polar surface area (TPSA) is 172 Å². The number of benzene rings is 2. The van der Waals surface area contributed by atoms with Gasteiger partial charge in [-0.05, 0) is 49.7 Å². The van der Waals surface area contributed by atoms with E-state index in [0.717, 1.165) is 0 Å². The molecule has 0 bridgehead atoms. The van der Waals surface area contributed by atoms with E-state index < -0.39 is 36.8 Å². The van der Waals surface area contributed by atoms with Crippen LogP contribution in [-0.4, -0.2) is 81.8 Å². The summed E-state index contributed by atoms with van der Waals surface area (Å²) in [6.45, 7) is 3.91. The summed E-state index contributed by atoms with van der Waals surface area (Å²) in [6, 6.07) is 4.85. The SMILES string of the molecule is CCCC(=O)c1c(C)cc2cc(OC)cc(OC3OC(C(O)CCCN)C(O)C(O)C3O)c2c1O. The molecule has 1 heterocycles. The molecule has 194 valence electrons. The van der Waals surface area contributed by atoms with E-state index >= 15 is 0 Å². The third-order valence-electron chi connectivity index (χ3n) is 6.27. The fourth-order valence-electron chi connectivity index (χ4n) is 4.42. The fourth-order valence-corrected chi connectivity index (χ4v) is 4.42. The first-order chi connectivity index (χ1) is 16.6. The minimum Gasteiger partial charge on any atom is -0.506 e. The van der Waals surface area contributed by atoms with Crippen molar-refractivity contribution in [3.8, 4) is 17.2 Å². The van der Waals surface area contributed by atoms with Gasteiger partial charge in [0.1, 0.15) is 41.7 Å². The summed E-state index contributed by atoms with van der Waals surface area (Å²) in [5.41, 5.74) is 6.25. The van der Waals surface area contributed by atoms with Crippen molar-refractivity contribution in [3.63, 3.8) is 0 Å². The maximum absolute atomic E-state index is 12.7. The van der Waals surface area contributed by atoms with Gasteiger partial charge in [0.15, 0.2) is 5.78 Å². The summed E-state index contributed by atoms with van der Waals surface area (Å²) in [5.74, 6) is -0.0853. The van der Waals surface area contributed by atoms with Gasteiger partial charge in [-0.15, -0.1) is 0 Å². The number of nitrogens with two attached hydrogens (primary N) is 1. The van der Waals surface area contributed by atoms with E-state index in [0.29, 0.717) is 36.1 Å². The highest BCUT2D eigenvalue weighted by Gasteiger charge is 2.47. The van der Waals surface area contributed by atoms with E-state index in [1.54, 1.807) is 19.1 Å². The number of hydrogen-bond donors (Lipinski definition) is 6. The first-order valence-corrected chi connectivity index (χ1v) is 11.8. The number of Topliss-reactive ketones (excluding diaryl/α,β-unsaturated/α-hetero) is 1. The number of ether oxygens (including phenoxy) is 3. The molecule has 0 spiro atoms. The normalized spacial score (nSPS) is 25.4. The largest absolute Gasteiger partial charge is 0.506 e. The fraction of sp³-hybridized carbons (Fsp3) is 0.560. The number of fused-ring (bicyclic) bond motifs is 1. The van der Waals surface area contributed by atoms with Crippen LogP contribution in [0.3, 0.4) is 0 Å². The number of aliphatic hydroxyl groups is 4. The molecular formula is C25H35NO9. The standard InChI is InChI=1S/C25H35NO9/c1-4-6-15(27)18-12(2)9-13-10-14(33-3)11-17(19(13)20(18)29)34-25-23(32)21(30)22(31)24(35-25)16(28)7-5-8-26/h9-11,16,21-25,28-32H,4-8,26H2,1-3H3. The Morgan fingerprint density at radius 2 is 1.89 bits per heavy atom. The van der Waals surface area contributed by atoms with Gasteiger partial charge in [-0.3, -0.25) is 4.79 Å². The zero-order valence-electron chi connectivity index (χ0n) is 20.2. The Kier molecular flexibility index (Phi) is 8.92. The lowest BCUT2D eigenvalue weighted by atomic mass is 9.93. The van der Waals surface area contributed by atoms with Crippen molar-refractivity contribution in [2.45, 2.75) is 76.3 Å². The molecule has 0 saturated carbocycles. The Bertz CT molecular complexity index is 1040. The summed E-state index contributed by atoms with van der Waals surface area (Å²) in [4.78, 5) is 12.7. The molecule has 2 aromatic rings. The molecule has 1 saturated heterocycles. The highest BCUT2D eigenvalue weighted by molar-refractivity contribution is 6.08. The van der Waals surface area contributed by atoms with Crippen LogP contribution in [0.2, 0.25) is 0 Å². The van der Waals surface area contributed by atoms with Gasteiger partial charge in [0, 0.05) is 12.5 Å². The molecule has 1 fully saturated rings. The van der Waals surface area contributed by atoms with Crippen LogP contribution in [0.25, 0.3) is 10.8 Å². The molecule has 0 radical (unpaired) electrons. The van der Waals surface area contributed by atoms with Gasteiger partial charge in [0.05, 0.1) is 24.2 Å².